The minimum absolute atomic E-state index is 0.0235. The van der Waals surface area contributed by atoms with Crippen molar-refractivity contribution in [3.8, 4) is 0 Å². The normalized spacial score (nSPS) is 15.1. The molecule has 5 nitrogen and oxygen atoms in total. The number of nitrogens with one attached hydrogen (secondary N) is 1. The van der Waals surface area contributed by atoms with Gasteiger partial charge >= 0.3 is 0 Å². The fraction of sp³-hybridized carbons (Fsp3) is 0.556. The van der Waals surface area contributed by atoms with Crippen LogP contribution in [0.1, 0.15) is 42.5 Å². The van der Waals surface area contributed by atoms with Crippen LogP contribution in [0, 0.1) is 0 Å². The molecule has 0 radical (unpaired) electrons. The zero-order chi connectivity index (χ0) is 16.8. The molecular weight excluding hydrogens is 290 g/mol. The molecule has 0 heterocycles. The Labute approximate surface area is 138 Å². The van der Waals surface area contributed by atoms with Crippen molar-refractivity contribution in [2.24, 2.45) is 0 Å². The fourth-order valence-corrected chi connectivity index (χ4v) is 2.96. The maximum absolute atomic E-state index is 12.3. The van der Waals surface area contributed by atoms with Crippen molar-refractivity contribution in [1.82, 2.24) is 9.80 Å². The molecular formula is C18H27N3O2. The molecule has 1 aliphatic carbocycles. The van der Waals surface area contributed by atoms with Gasteiger partial charge in [-0.2, -0.15) is 0 Å². The van der Waals surface area contributed by atoms with Crippen molar-refractivity contribution >= 4 is 17.5 Å². The van der Waals surface area contributed by atoms with E-state index in [0.29, 0.717) is 11.6 Å². The average Bonchev–Trinajstić information content (AvgIpc) is 2.59. The standard InChI is InChI=1S/C18H27N3O2/c1-20(2)18(23)14-9-11-15(12-10-14)19-13-17(22)21(3)16-7-5-4-6-8-16/h9-12,16,19H,4-8,13H2,1-3H3. The molecule has 0 saturated heterocycles. The Morgan fingerprint density at radius 1 is 1.04 bits per heavy atom. The van der Waals surface area contributed by atoms with Gasteiger partial charge in [0.15, 0.2) is 0 Å². The molecule has 1 fully saturated rings. The summed E-state index contributed by atoms with van der Waals surface area (Å²) < 4.78 is 0. The van der Waals surface area contributed by atoms with Crippen molar-refractivity contribution in [1.29, 1.82) is 0 Å². The molecule has 0 spiro atoms. The quantitative estimate of drug-likeness (QED) is 0.908. The van der Waals surface area contributed by atoms with Crippen LogP contribution in [-0.4, -0.2) is 55.3 Å². The molecule has 0 atom stereocenters. The van der Waals surface area contributed by atoms with Gasteiger partial charge in [0.25, 0.3) is 5.91 Å². The van der Waals surface area contributed by atoms with Gasteiger partial charge < -0.3 is 15.1 Å². The van der Waals surface area contributed by atoms with Gasteiger partial charge in [-0.3, -0.25) is 9.59 Å². The summed E-state index contributed by atoms with van der Waals surface area (Å²) in [7, 11) is 5.36. The molecule has 0 aliphatic heterocycles. The van der Waals surface area contributed by atoms with E-state index in [1.807, 2.05) is 24.1 Å². The van der Waals surface area contributed by atoms with E-state index in [-0.39, 0.29) is 18.4 Å². The molecule has 0 aromatic heterocycles. The van der Waals surface area contributed by atoms with Gasteiger partial charge in [-0.1, -0.05) is 19.3 Å². The number of anilines is 1. The second-order valence-electron chi connectivity index (χ2n) is 6.43. The number of hydrogen-bond acceptors (Lipinski definition) is 3. The maximum atomic E-state index is 12.3. The zero-order valence-corrected chi connectivity index (χ0v) is 14.3. The Kier molecular flexibility index (Phi) is 6.02. The van der Waals surface area contributed by atoms with Gasteiger partial charge in [-0.05, 0) is 37.1 Å². The first-order chi connectivity index (χ1) is 11.0. The number of rotatable bonds is 5. The summed E-state index contributed by atoms with van der Waals surface area (Å²) in [5.74, 6) is 0.0926. The van der Waals surface area contributed by atoms with E-state index in [2.05, 4.69) is 5.32 Å². The van der Waals surface area contributed by atoms with Crippen molar-refractivity contribution in [2.45, 2.75) is 38.1 Å². The van der Waals surface area contributed by atoms with Crippen LogP contribution in [0.5, 0.6) is 0 Å². The van der Waals surface area contributed by atoms with Crippen LogP contribution in [0.3, 0.4) is 0 Å². The summed E-state index contributed by atoms with van der Waals surface area (Å²) in [6.45, 7) is 0.286. The van der Waals surface area contributed by atoms with E-state index in [1.165, 1.54) is 19.3 Å². The van der Waals surface area contributed by atoms with Crippen LogP contribution in [0.2, 0.25) is 0 Å². The summed E-state index contributed by atoms with van der Waals surface area (Å²) >= 11 is 0. The molecule has 0 unspecified atom stereocenters. The lowest BCUT2D eigenvalue weighted by molar-refractivity contribution is -0.130. The van der Waals surface area contributed by atoms with Crippen molar-refractivity contribution in [2.75, 3.05) is 33.0 Å². The average molecular weight is 317 g/mol. The Morgan fingerprint density at radius 2 is 1.65 bits per heavy atom. The van der Waals surface area contributed by atoms with E-state index in [1.54, 1.807) is 31.1 Å². The van der Waals surface area contributed by atoms with Gasteiger partial charge in [-0.15, -0.1) is 0 Å². The molecule has 2 rings (SSSR count). The Morgan fingerprint density at radius 3 is 2.22 bits per heavy atom. The lowest BCUT2D eigenvalue weighted by Crippen LogP contribution is -2.41. The SMILES string of the molecule is CN(C)C(=O)c1ccc(NCC(=O)N(C)C2CCCCC2)cc1. The molecule has 126 valence electrons. The van der Waals surface area contributed by atoms with Gasteiger partial charge in [0.05, 0.1) is 6.54 Å². The molecule has 1 aliphatic rings. The van der Waals surface area contributed by atoms with Gasteiger partial charge in [-0.25, -0.2) is 0 Å². The van der Waals surface area contributed by atoms with E-state index >= 15 is 0 Å². The maximum Gasteiger partial charge on any atom is 0.253 e. The monoisotopic (exact) mass is 317 g/mol. The highest BCUT2D eigenvalue weighted by molar-refractivity contribution is 5.94. The lowest BCUT2D eigenvalue weighted by Gasteiger charge is -2.31. The predicted octanol–water partition coefficient (Wildman–Crippen LogP) is 2.59. The van der Waals surface area contributed by atoms with Gasteiger partial charge in [0, 0.05) is 38.4 Å². The van der Waals surface area contributed by atoms with Crippen LogP contribution in [0.15, 0.2) is 24.3 Å². The molecule has 5 heteroatoms. The third-order valence-electron chi connectivity index (χ3n) is 4.50. The number of hydrogen-bond donors (Lipinski definition) is 1. The molecule has 1 saturated carbocycles. The smallest absolute Gasteiger partial charge is 0.253 e. The first-order valence-electron chi connectivity index (χ1n) is 8.30. The van der Waals surface area contributed by atoms with Crippen molar-refractivity contribution in [3.63, 3.8) is 0 Å². The Balaban J connectivity index is 1.85. The van der Waals surface area contributed by atoms with Crippen LogP contribution in [-0.2, 0) is 4.79 Å². The summed E-state index contributed by atoms with van der Waals surface area (Å²) in [4.78, 5) is 27.5. The van der Waals surface area contributed by atoms with E-state index in [0.717, 1.165) is 18.5 Å². The number of benzene rings is 1. The number of nitrogens with zero attached hydrogens (tertiary/aromatic N) is 2. The van der Waals surface area contributed by atoms with Crippen LogP contribution < -0.4 is 5.32 Å². The Bertz CT molecular complexity index is 534. The molecule has 1 N–H and O–H groups in total. The Hall–Kier alpha value is -2.04. The zero-order valence-electron chi connectivity index (χ0n) is 14.3. The van der Waals surface area contributed by atoms with Crippen LogP contribution in [0.25, 0.3) is 0 Å². The van der Waals surface area contributed by atoms with Crippen LogP contribution in [0.4, 0.5) is 5.69 Å². The molecule has 1 aromatic rings. The van der Waals surface area contributed by atoms with Gasteiger partial charge in [0.2, 0.25) is 5.91 Å². The summed E-state index contributed by atoms with van der Waals surface area (Å²) in [6, 6.07) is 7.62. The highest BCUT2D eigenvalue weighted by Gasteiger charge is 2.21. The molecule has 0 bridgehead atoms. The third kappa shape index (κ3) is 4.71. The van der Waals surface area contributed by atoms with Crippen molar-refractivity contribution in [3.05, 3.63) is 29.8 Å². The van der Waals surface area contributed by atoms with E-state index in [4.69, 9.17) is 0 Å². The fourth-order valence-electron chi connectivity index (χ4n) is 2.96. The summed E-state index contributed by atoms with van der Waals surface area (Å²) in [5, 5.41) is 3.14. The molecule has 2 amide bonds. The first-order valence-corrected chi connectivity index (χ1v) is 8.30. The summed E-state index contributed by atoms with van der Waals surface area (Å²) in [5.41, 5.74) is 1.50. The minimum atomic E-state index is -0.0235. The highest BCUT2D eigenvalue weighted by Crippen LogP contribution is 2.21. The second kappa shape index (κ2) is 7.99. The number of likely N-dealkylation sites (N-methyl/N-ethyl adjacent to an activating group) is 1. The lowest BCUT2D eigenvalue weighted by atomic mass is 9.94. The van der Waals surface area contributed by atoms with Gasteiger partial charge in [0.1, 0.15) is 0 Å². The van der Waals surface area contributed by atoms with Crippen molar-refractivity contribution < 1.29 is 9.59 Å². The molecule has 23 heavy (non-hydrogen) atoms. The number of amides is 2. The minimum Gasteiger partial charge on any atom is -0.376 e. The number of carbonyl (C=O) groups excluding carboxylic acids is 2. The topological polar surface area (TPSA) is 52.7 Å². The largest absolute Gasteiger partial charge is 0.376 e. The first kappa shape index (κ1) is 17.3. The summed E-state index contributed by atoms with van der Waals surface area (Å²) in [6.07, 6.45) is 5.95. The van der Waals surface area contributed by atoms with E-state index < -0.39 is 0 Å². The number of carbonyl (C=O) groups is 2. The third-order valence-corrected chi connectivity index (χ3v) is 4.50. The van der Waals surface area contributed by atoms with Crippen LogP contribution >= 0.6 is 0 Å². The predicted molar refractivity (Wildman–Crippen MR) is 92.6 cm³/mol. The molecule has 1 aromatic carbocycles. The second-order valence-corrected chi connectivity index (χ2v) is 6.43. The highest BCUT2D eigenvalue weighted by atomic mass is 16.2. The van der Waals surface area contributed by atoms with E-state index in [9.17, 15) is 9.59 Å².